The summed E-state index contributed by atoms with van der Waals surface area (Å²) in [4.78, 5) is 28.2. The van der Waals surface area contributed by atoms with E-state index >= 15 is 0 Å². The summed E-state index contributed by atoms with van der Waals surface area (Å²) in [5, 5.41) is 2.63. The first kappa shape index (κ1) is 21.9. The minimum atomic E-state index is -2.98. The van der Waals surface area contributed by atoms with Crippen molar-refractivity contribution < 1.29 is 13.8 Å². The molecule has 1 N–H and O–H groups in total. The second kappa shape index (κ2) is 9.37. The Kier molecular flexibility index (Phi) is 6.63. The van der Waals surface area contributed by atoms with Gasteiger partial charge in [-0.2, -0.15) is 4.36 Å². The Hall–Kier alpha value is -3.76. The Balaban J connectivity index is 1.84. The number of pyridine rings is 1. The molecule has 31 heavy (non-hydrogen) atoms. The minimum absolute atomic E-state index is 0.206. The fraction of sp³-hybridized carbons (Fsp3) is 0.125. The normalized spacial score (nSPS) is 12.1. The molecule has 0 aliphatic heterocycles. The largest absolute Gasteiger partial charge is 0.326 e. The monoisotopic (exact) mass is 431 g/mol. The third kappa shape index (κ3) is 6.11. The average Bonchev–Trinajstić information content (AvgIpc) is 2.72. The van der Waals surface area contributed by atoms with E-state index < -0.39 is 15.6 Å². The first-order chi connectivity index (χ1) is 14.7. The Labute approximate surface area is 181 Å². The number of nitrogens with one attached hydrogen (secondary N) is 1. The molecule has 2 amide bonds. The maximum Gasteiger partial charge on any atom is 0.286 e. The van der Waals surface area contributed by atoms with Crippen LogP contribution < -0.4 is 5.32 Å². The average molecular weight is 432 g/mol. The number of aromatic nitrogens is 1. The molecule has 0 saturated carbocycles. The van der Waals surface area contributed by atoms with E-state index in [1.54, 1.807) is 36.5 Å². The van der Waals surface area contributed by atoms with E-state index in [0.717, 1.165) is 11.1 Å². The smallest absolute Gasteiger partial charge is 0.286 e. The fourth-order valence-corrected chi connectivity index (χ4v) is 3.92. The van der Waals surface area contributed by atoms with Crippen molar-refractivity contribution in [1.82, 2.24) is 4.98 Å². The Morgan fingerprint density at radius 1 is 1.00 bits per heavy atom. The van der Waals surface area contributed by atoms with Gasteiger partial charge in [0.15, 0.2) is 0 Å². The van der Waals surface area contributed by atoms with Gasteiger partial charge in [-0.25, -0.2) is 4.21 Å². The molecule has 2 aromatic carbocycles. The van der Waals surface area contributed by atoms with Crippen LogP contribution in [0.5, 0.6) is 0 Å². The molecule has 0 bridgehead atoms. The Morgan fingerprint density at radius 2 is 1.71 bits per heavy atom. The van der Waals surface area contributed by atoms with Gasteiger partial charge < -0.3 is 5.32 Å². The molecule has 0 aliphatic rings. The van der Waals surface area contributed by atoms with Crippen LogP contribution in [-0.4, -0.2) is 27.3 Å². The molecule has 1 aromatic heterocycles. The predicted molar refractivity (Wildman–Crippen MR) is 121 cm³/mol. The molecule has 3 aromatic rings. The maximum absolute atomic E-state index is 13.0. The zero-order valence-electron chi connectivity index (χ0n) is 17.4. The maximum atomic E-state index is 13.0. The molecule has 0 aliphatic carbocycles. The lowest BCUT2D eigenvalue weighted by Crippen LogP contribution is -2.07. The van der Waals surface area contributed by atoms with E-state index in [1.165, 1.54) is 19.4 Å². The van der Waals surface area contributed by atoms with Gasteiger partial charge in [-0.3, -0.25) is 14.6 Å². The molecule has 7 heteroatoms. The van der Waals surface area contributed by atoms with Crippen LogP contribution in [0.4, 0.5) is 5.69 Å². The highest BCUT2D eigenvalue weighted by Gasteiger charge is 2.12. The van der Waals surface area contributed by atoms with Crippen molar-refractivity contribution in [3.05, 3.63) is 89.2 Å². The third-order valence-corrected chi connectivity index (χ3v) is 5.88. The van der Waals surface area contributed by atoms with Crippen LogP contribution in [0.15, 0.2) is 76.2 Å². The quantitative estimate of drug-likeness (QED) is 0.634. The van der Waals surface area contributed by atoms with Crippen LogP contribution in [0.3, 0.4) is 0 Å². The molecule has 0 saturated heterocycles. The standard InChI is InChI=1S/C24H21N3O3S/c1-17-5-4-6-19(13-17)7-8-20-14-21(16-25-15-20)24(29)27-31(3,30)23-11-9-22(10-12-23)26-18(2)28/h4-6,9-16H,1-3H3,(H,26,28). The van der Waals surface area contributed by atoms with Crippen molar-refractivity contribution >= 4 is 27.2 Å². The van der Waals surface area contributed by atoms with E-state index in [4.69, 9.17) is 0 Å². The molecule has 1 atom stereocenters. The van der Waals surface area contributed by atoms with E-state index in [2.05, 4.69) is 26.5 Å². The number of amides is 2. The van der Waals surface area contributed by atoms with Gasteiger partial charge in [0.05, 0.1) is 15.3 Å². The lowest BCUT2D eigenvalue weighted by Gasteiger charge is -2.06. The van der Waals surface area contributed by atoms with Crippen molar-refractivity contribution in [2.45, 2.75) is 18.7 Å². The van der Waals surface area contributed by atoms with Gasteiger partial charge in [0, 0.05) is 47.3 Å². The van der Waals surface area contributed by atoms with Crippen molar-refractivity contribution in [1.29, 1.82) is 0 Å². The molecule has 1 heterocycles. The molecule has 6 nitrogen and oxygen atoms in total. The van der Waals surface area contributed by atoms with Crippen molar-refractivity contribution in [2.24, 2.45) is 4.36 Å². The predicted octanol–water partition coefficient (Wildman–Crippen LogP) is 4.05. The number of carbonyl (C=O) groups excluding carboxylic acids is 2. The van der Waals surface area contributed by atoms with Gasteiger partial charge in [-0.15, -0.1) is 0 Å². The van der Waals surface area contributed by atoms with Gasteiger partial charge in [0.2, 0.25) is 5.91 Å². The van der Waals surface area contributed by atoms with Gasteiger partial charge >= 0.3 is 0 Å². The number of benzene rings is 2. The van der Waals surface area contributed by atoms with Gasteiger partial charge in [0.1, 0.15) is 0 Å². The highest BCUT2D eigenvalue weighted by molar-refractivity contribution is 7.93. The van der Waals surface area contributed by atoms with E-state index in [-0.39, 0.29) is 11.5 Å². The molecular weight excluding hydrogens is 410 g/mol. The highest BCUT2D eigenvalue weighted by Crippen LogP contribution is 2.17. The SMILES string of the molecule is CC(=O)Nc1ccc(S(C)(=O)=NC(=O)c2cncc(C#Cc3cccc(C)c3)c2)cc1. The van der Waals surface area contributed by atoms with Crippen LogP contribution in [-0.2, 0) is 14.5 Å². The van der Waals surface area contributed by atoms with E-state index in [1.807, 2.05) is 31.2 Å². The summed E-state index contributed by atoms with van der Waals surface area (Å²) in [6, 6.07) is 15.7. The highest BCUT2D eigenvalue weighted by atomic mass is 32.2. The number of hydrogen-bond donors (Lipinski definition) is 1. The minimum Gasteiger partial charge on any atom is -0.326 e. The van der Waals surface area contributed by atoms with Gasteiger partial charge in [-0.1, -0.05) is 24.0 Å². The van der Waals surface area contributed by atoms with Gasteiger partial charge in [-0.05, 0) is 55.0 Å². The Bertz CT molecular complexity index is 1330. The van der Waals surface area contributed by atoms with E-state index in [0.29, 0.717) is 16.1 Å². The van der Waals surface area contributed by atoms with Crippen LogP contribution >= 0.6 is 0 Å². The number of carbonyl (C=O) groups is 2. The lowest BCUT2D eigenvalue weighted by molar-refractivity contribution is -0.114. The van der Waals surface area contributed by atoms with Crippen molar-refractivity contribution in [2.75, 3.05) is 11.6 Å². The first-order valence-electron chi connectivity index (χ1n) is 9.41. The fourth-order valence-electron chi connectivity index (χ4n) is 2.75. The summed E-state index contributed by atoms with van der Waals surface area (Å²) >= 11 is 0. The van der Waals surface area contributed by atoms with Gasteiger partial charge in [0.25, 0.3) is 5.91 Å². The first-order valence-corrected chi connectivity index (χ1v) is 11.3. The van der Waals surface area contributed by atoms with Crippen molar-refractivity contribution in [3.63, 3.8) is 0 Å². The van der Waals surface area contributed by atoms with Crippen LogP contribution in [0.1, 0.15) is 34.0 Å². The summed E-state index contributed by atoms with van der Waals surface area (Å²) < 4.78 is 16.9. The molecule has 1 unspecified atom stereocenters. The van der Waals surface area contributed by atoms with Crippen LogP contribution in [0.2, 0.25) is 0 Å². The molecular formula is C24H21N3O3S. The summed E-state index contributed by atoms with van der Waals surface area (Å²) in [6.45, 7) is 3.39. The zero-order valence-corrected chi connectivity index (χ0v) is 18.2. The van der Waals surface area contributed by atoms with Crippen molar-refractivity contribution in [3.8, 4) is 11.8 Å². The van der Waals surface area contributed by atoms with Crippen LogP contribution in [0.25, 0.3) is 0 Å². The molecule has 0 spiro atoms. The summed E-state index contributed by atoms with van der Waals surface area (Å²) in [7, 11) is -2.98. The summed E-state index contributed by atoms with van der Waals surface area (Å²) in [6.07, 6.45) is 4.33. The van der Waals surface area contributed by atoms with E-state index in [9.17, 15) is 13.8 Å². The lowest BCUT2D eigenvalue weighted by atomic mass is 10.1. The third-order valence-electron chi connectivity index (χ3n) is 4.22. The number of rotatable bonds is 3. The zero-order chi connectivity index (χ0) is 22.4. The molecule has 0 radical (unpaired) electrons. The second-order valence-corrected chi connectivity index (χ2v) is 9.25. The number of nitrogens with zero attached hydrogens (tertiary/aromatic N) is 2. The molecule has 0 fully saturated rings. The van der Waals surface area contributed by atoms with Crippen LogP contribution in [0, 0.1) is 18.8 Å². The number of aryl methyl sites for hydroxylation is 1. The Morgan fingerprint density at radius 3 is 2.39 bits per heavy atom. The molecule has 156 valence electrons. The topological polar surface area (TPSA) is 88.5 Å². The summed E-state index contributed by atoms with van der Waals surface area (Å²) in [5.74, 6) is 5.19. The summed E-state index contributed by atoms with van der Waals surface area (Å²) in [5.41, 5.74) is 3.31. The second-order valence-electron chi connectivity index (χ2n) is 6.99. The number of hydrogen-bond acceptors (Lipinski definition) is 4. The number of anilines is 1. The molecule has 3 rings (SSSR count).